The lowest BCUT2D eigenvalue weighted by molar-refractivity contribution is -0.117. The number of nitrogens with zero attached hydrogens (tertiary/aromatic N) is 2. The maximum atomic E-state index is 12.3. The number of amides is 1. The highest BCUT2D eigenvalue weighted by Gasteiger charge is 2.35. The maximum Gasteiger partial charge on any atom is 0.227 e. The number of hydrogen-bond donors (Lipinski definition) is 0. The Morgan fingerprint density at radius 1 is 1.14 bits per heavy atom. The van der Waals surface area contributed by atoms with Crippen molar-refractivity contribution in [2.45, 2.75) is 12.3 Å². The first-order chi connectivity index (χ1) is 10.7. The third-order valence-electron chi connectivity index (χ3n) is 3.93. The number of carbonyl (C=O) groups excluding carboxylic acids is 1. The summed E-state index contributed by atoms with van der Waals surface area (Å²) in [5.74, 6) is 0.612. The maximum absolute atomic E-state index is 12.3. The number of halogens is 1. The van der Waals surface area contributed by atoms with Gasteiger partial charge in [0.05, 0.1) is 16.6 Å². The first kappa shape index (κ1) is 13.3. The van der Waals surface area contributed by atoms with Gasteiger partial charge in [-0.2, -0.15) is 0 Å². The van der Waals surface area contributed by atoms with Gasteiger partial charge in [0, 0.05) is 13.0 Å². The van der Waals surface area contributed by atoms with Crippen molar-refractivity contribution in [2.24, 2.45) is 0 Å². The Bertz CT molecular complexity index is 825. The summed E-state index contributed by atoms with van der Waals surface area (Å²) in [6, 6.07) is 15.0. The zero-order valence-corrected chi connectivity index (χ0v) is 12.5. The van der Waals surface area contributed by atoms with E-state index in [0.29, 0.717) is 23.9 Å². The predicted molar refractivity (Wildman–Crippen MR) is 85.2 cm³/mol. The van der Waals surface area contributed by atoms with Gasteiger partial charge in [-0.05, 0) is 24.3 Å². The van der Waals surface area contributed by atoms with Crippen LogP contribution in [-0.2, 0) is 4.79 Å². The van der Waals surface area contributed by atoms with Gasteiger partial charge in [-0.3, -0.25) is 4.79 Å². The molecule has 110 valence electrons. The lowest BCUT2D eigenvalue weighted by Gasteiger charge is -2.17. The summed E-state index contributed by atoms with van der Waals surface area (Å²) in [7, 11) is 0. The van der Waals surface area contributed by atoms with E-state index < -0.39 is 0 Å². The molecule has 1 amide bonds. The van der Waals surface area contributed by atoms with Crippen molar-refractivity contribution in [3.8, 4) is 0 Å². The Hall–Kier alpha value is -2.33. The van der Waals surface area contributed by atoms with Crippen LogP contribution in [0.4, 0.5) is 5.69 Å². The SMILES string of the molecule is O=C1CC(c2nc3ccccc3o2)CN1c1ccccc1Cl. The number of rotatable bonds is 2. The molecular formula is C17H13ClN2O2. The van der Waals surface area contributed by atoms with E-state index in [4.69, 9.17) is 16.0 Å². The van der Waals surface area contributed by atoms with Crippen LogP contribution in [0.1, 0.15) is 18.2 Å². The number of anilines is 1. The van der Waals surface area contributed by atoms with E-state index in [9.17, 15) is 4.79 Å². The van der Waals surface area contributed by atoms with Crippen LogP contribution in [-0.4, -0.2) is 17.4 Å². The molecule has 2 aromatic carbocycles. The van der Waals surface area contributed by atoms with Gasteiger partial charge in [0.15, 0.2) is 5.58 Å². The Morgan fingerprint density at radius 2 is 1.91 bits per heavy atom. The summed E-state index contributed by atoms with van der Waals surface area (Å²) in [4.78, 5) is 18.5. The molecule has 4 rings (SSSR count). The molecule has 0 spiro atoms. The fourth-order valence-corrected chi connectivity index (χ4v) is 3.08. The van der Waals surface area contributed by atoms with Crippen LogP contribution in [0.15, 0.2) is 52.9 Å². The number of benzene rings is 2. The van der Waals surface area contributed by atoms with E-state index >= 15 is 0 Å². The molecule has 5 heteroatoms. The number of carbonyl (C=O) groups is 1. The second kappa shape index (κ2) is 5.14. The smallest absolute Gasteiger partial charge is 0.227 e. The minimum absolute atomic E-state index is 0.0420. The van der Waals surface area contributed by atoms with Crippen molar-refractivity contribution in [1.29, 1.82) is 0 Å². The van der Waals surface area contributed by atoms with Crippen LogP contribution >= 0.6 is 11.6 Å². The van der Waals surface area contributed by atoms with Crippen LogP contribution in [0.3, 0.4) is 0 Å². The summed E-state index contributed by atoms with van der Waals surface area (Å²) in [6.07, 6.45) is 0.387. The molecule has 0 N–H and O–H groups in total. The Balaban J connectivity index is 1.66. The molecular weight excluding hydrogens is 300 g/mol. The summed E-state index contributed by atoms with van der Waals surface area (Å²) in [6.45, 7) is 0.537. The zero-order valence-electron chi connectivity index (χ0n) is 11.7. The molecule has 1 unspecified atom stereocenters. The van der Waals surface area contributed by atoms with Crippen LogP contribution in [0, 0.1) is 0 Å². The molecule has 1 atom stereocenters. The van der Waals surface area contributed by atoms with Gasteiger partial charge in [-0.15, -0.1) is 0 Å². The molecule has 0 radical (unpaired) electrons. The Morgan fingerprint density at radius 3 is 2.73 bits per heavy atom. The molecule has 0 aliphatic carbocycles. The molecule has 3 aromatic rings. The van der Waals surface area contributed by atoms with Crippen molar-refractivity contribution in [3.05, 3.63) is 59.4 Å². The molecule has 1 fully saturated rings. The Labute approximate surface area is 132 Å². The third-order valence-corrected chi connectivity index (χ3v) is 4.25. The first-order valence-electron chi connectivity index (χ1n) is 7.13. The third kappa shape index (κ3) is 2.16. The van der Waals surface area contributed by atoms with Crippen LogP contribution < -0.4 is 4.90 Å². The second-order valence-corrected chi connectivity index (χ2v) is 5.78. The normalized spacial score (nSPS) is 18.3. The lowest BCUT2D eigenvalue weighted by Crippen LogP contribution is -2.24. The molecule has 1 aromatic heterocycles. The average Bonchev–Trinajstić information content (AvgIpc) is 3.11. The fourth-order valence-electron chi connectivity index (χ4n) is 2.84. The molecule has 2 heterocycles. The largest absolute Gasteiger partial charge is 0.440 e. The quantitative estimate of drug-likeness (QED) is 0.718. The van der Waals surface area contributed by atoms with E-state index in [1.54, 1.807) is 11.0 Å². The van der Waals surface area contributed by atoms with Gasteiger partial charge in [-0.1, -0.05) is 35.9 Å². The number of oxazole rings is 1. The van der Waals surface area contributed by atoms with Gasteiger partial charge in [0.1, 0.15) is 5.52 Å². The van der Waals surface area contributed by atoms with Crippen LogP contribution in [0.5, 0.6) is 0 Å². The standard InChI is InChI=1S/C17H13ClN2O2/c18-12-5-1-3-7-14(12)20-10-11(9-16(20)21)17-19-13-6-2-4-8-15(13)22-17/h1-8,11H,9-10H2. The highest BCUT2D eigenvalue weighted by Crippen LogP contribution is 2.35. The van der Waals surface area contributed by atoms with Crippen molar-refractivity contribution in [3.63, 3.8) is 0 Å². The summed E-state index contributed by atoms with van der Waals surface area (Å²) >= 11 is 6.19. The van der Waals surface area contributed by atoms with Crippen LogP contribution in [0.2, 0.25) is 5.02 Å². The molecule has 1 aliphatic rings. The minimum atomic E-state index is -0.0452. The summed E-state index contributed by atoms with van der Waals surface area (Å²) in [5.41, 5.74) is 2.31. The number of aromatic nitrogens is 1. The molecule has 1 saturated heterocycles. The van der Waals surface area contributed by atoms with Crippen LogP contribution in [0.25, 0.3) is 11.1 Å². The van der Waals surface area contributed by atoms with Crippen molar-refractivity contribution in [2.75, 3.05) is 11.4 Å². The molecule has 0 saturated carbocycles. The van der Waals surface area contributed by atoms with E-state index in [1.165, 1.54) is 0 Å². The van der Waals surface area contributed by atoms with Crippen molar-refractivity contribution < 1.29 is 9.21 Å². The minimum Gasteiger partial charge on any atom is -0.440 e. The highest BCUT2D eigenvalue weighted by molar-refractivity contribution is 6.33. The molecule has 1 aliphatic heterocycles. The average molecular weight is 313 g/mol. The number of fused-ring (bicyclic) bond motifs is 1. The van der Waals surface area contributed by atoms with Gasteiger partial charge < -0.3 is 9.32 Å². The zero-order chi connectivity index (χ0) is 15.1. The topological polar surface area (TPSA) is 46.3 Å². The second-order valence-electron chi connectivity index (χ2n) is 5.38. The highest BCUT2D eigenvalue weighted by atomic mass is 35.5. The number of para-hydroxylation sites is 3. The predicted octanol–water partition coefficient (Wildman–Crippen LogP) is 4.00. The molecule has 0 bridgehead atoms. The molecule has 4 nitrogen and oxygen atoms in total. The van der Waals surface area contributed by atoms with E-state index in [0.717, 1.165) is 16.8 Å². The monoisotopic (exact) mass is 312 g/mol. The van der Waals surface area contributed by atoms with Gasteiger partial charge >= 0.3 is 0 Å². The Kier molecular flexibility index (Phi) is 3.12. The number of hydrogen-bond acceptors (Lipinski definition) is 3. The summed E-state index contributed by atoms with van der Waals surface area (Å²) < 4.78 is 5.79. The van der Waals surface area contributed by atoms with E-state index in [-0.39, 0.29) is 11.8 Å². The first-order valence-corrected chi connectivity index (χ1v) is 7.50. The van der Waals surface area contributed by atoms with Crippen molar-refractivity contribution >= 4 is 34.3 Å². The van der Waals surface area contributed by atoms with Crippen molar-refractivity contribution in [1.82, 2.24) is 4.98 Å². The summed E-state index contributed by atoms with van der Waals surface area (Å²) in [5, 5.41) is 0.578. The van der Waals surface area contributed by atoms with Gasteiger partial charge in [0.2, 0.25) is 11.8 Å². The lowest BCUT2D eigenvalue weighted by atomic mass is 10.1. The van der Waals surface area contributed by atoms with E-state index in [2.05, 4.69) is 4.98 Å². The van der Waals surface area contributed by atoms with Gasteiger partial charge in [-0.25, -0.2) is 4.98 Å². The van der Waals surface area contributed by atoms with E-state index in [1.807, 2.05) is 42.5 Å². The molecule has 22 heavy (non-hydrogen) atoms. The fraction of sp³-hybridized carbons (Fsp3) is 0.176. The van der Waals surface area contributed by atoms with Gasteiger partial charge in [0.25, 0.3) is 0 Å².